The van der Waals surface area contributed by atoms with Gasteiger partial charge in [-0.15, -0.1) is 0 Å². The predicted octanol–water partition coefficient (Wildman–Crippen LogP) is 3.67. The molecule has 1 amide bonds. The van der Waals surface area contributed by atoms with Gasteiger partial charge in [0.2, 0.25) is 5.91 Å². The van der Waals surface area contributed by atoms with Crippen LogP contribution in [0.2, 0.25) is 0 Å². The van der Waals surface area contributed by atoms with Gasteiger partial charge in [-0.05, 0) is 49.3 Å². The van der Waals surface area contributed by atoms with Gasteiger partial charge in [0.15, 0.2) is 0 Å². The quantitative estimate of drug-likeness (QED) is 0.697. The Morgan fingerprint density at radius 2 is 1.78 bits per heavy atom. The van der Waals surface area contributed by atoms with Crippen LogP contribution in [-0.2, 0) is 11.2 Å². The molecule has 0 aromatic heterocycles. The minimum absolute atomic E-state index is 0.273. The van der Waals surface area contributed by atoms with Crippen LogP contribution < -0.4 is 9.47 Å². The molecule has 0 bridgehead atoms. The molecular weight excluding hydrogens is 290 g/mol. The van der Waals surface area contributed by atoms with E-state index in [9.17, 15) is 4.79 Å². The number of carbonyl (C=O) groups excluding carboxylic acids is 1. The van der Waals surface area contributed by atoms with Gasteiger partial charge in [0.05, 0.1) is 14.2 Å². The molecule has 0 spiro atoms. The molecule has 0 unspecified atom stereocenters. The van der Waals surface area contributed by atoms with E-state index in [1.807, 2.05) is 18.2 Å². The molecule has 4 nitrogen and oxygen atoms in total. The molecule has 0 radical (unpaired) electrons. The zero-order chi connectivity index (χ0) is 16.8. The lowest BCUT2D eigenvalue weighted by Crippen LogP contribution is -2.34. The van der Waals surface area contributed by atoms with Crippen molar-refractivity contribution < 1.29 is 14.3 Å². The fraction of sp³-hybridized carbons (Fsp3) is 0.632. The van der Waals surface area contributed by atoms with Crippen LogP contribution in [0.5, 0.6) is 11.5 Å². The van der Waals surface area contributed by atoms with Gasteiger partial charge in [-0.2, -0.15) is 0 Å². The molecule has 2 rings (SSSR count). The van der Waals surface area contributed by atoms with Gasteiger partial charge in [0, 0.05) is 25.1 Å². The number of hydrogen-bond acceptors (Lipinski definition) is 3. The summed E-state index contributed by atoms with van der Waals surface area (Å²) in [5.41, 5.74) is 1.08. The van der Waals surface area contributed by atoms with Gasteiger partial charge in [-0.1, -0.05) is 13.8 Å². The SMILES string of the molecule is COc1cc(CCC(=O)N(CCC(C)C)C2CC2)cc(OC)c1. The summed E-state index contributed by atoms with van der Waals surface area (Å²) in [6, 6.07) is 6.29. The number of benzene rings is 1. The van der Waals surface area contributed by atoms with Crippen molar-refractivity contribution in [3.8, 4) is 11.5 Å². The Morgan fingerprint density at radius 3 is 2.26 bits per heavy atom. The maximum absolute atomic E-state index is 12.6. The highest BCUT2D eigenvalue weighted by molar-refractivity contribution is 5.77. The van der Waals surface area contributed by atoms with Gasteiger partial charge in [0.1, 0.15) is 11.5 Å². The Hall–Kier alpha value is -1.71. The first-order valence-corrected chi connectivity index (χ1v) is 8.55. The van der Waals surface area contributed by atoms with E-state index in [1.54, 1.807) is 14.2 Å². The minimum Gasteiger partial charge on any atom is -0.497 e. The Bertz CT molecular complexity index is 501. The van der Waals surface area contributed by atoms with Gasteiger partial charge in [0.25, 0.3) is 0 Å². The van der Waals surface area contributed by atoms with E-state index >= 15 is 0 Å². The monoisotopic (exact) mass is 319 g/mol. The van der Waals surface area contributed by atoms with E-state index in [-0.39, 0.29) is 5.91 Å². The summed E-state index contributed by atoms with van der Waals surface area (Å²) in [5.74, 6) is 2.44. The number of aryl methyl sites for hydroxylation is 1. The third kappa shape index (κ3) is 5.45. The lowest BCUT2D eigenvalue weighted by Gasteiger charge is -2.23. The summed E-state index contributed by atoms with van der Waals surface area (Å²) < 4.78 is 10.6. The van der Waals surface area contributed by atoms with Gasteiger partial charge in [-0.3, -0.25) is 4.79 Å². The van der Waals surface area contributed by atoms with Crippen molar-refractivity contribution in [3.05, 3.63) is 23.8 Å². The van der Waals surface area contributed by atoms with Gasteiger partial charge >= 0.3 is 0 Å². The van der Waals surface area contributed by atoms with Gasteiger partial charge in [-0.25, -0.2) is 0 Å². The van der Waals surface area contributed by atoms with Crippen LogP contribution in [0.4, 0.5) is 0 Å². The minimum atomic E-state index is 0.273. The largest absolute Gasteiger partial charge is 0.497 e. The van der Waals surface area contributed by atoms with Crippen LogP contribution in [0.25, 0.3) is 0 Å². The Morgan fingerprint density at radius 1 is 1.17 bits per heavy atom. The molecular formula is C19H29NO3. The van der Waals surface area contributed by atoms with Crippen LogP contribution >= 0.6 is 0 Å². The number of rotatable bonds is 9. The number of carbonyl (C=O) groups is 1. The van der Waals surface area contributed by atoms with E-state index < -0.39 is 0 Å². The first-order valence-electron chi connectivity index (χ1n) is 8.55. The molecule has 0 N–H and O–H groups in total. The number of ether oxygens (including phenoxy) is 2. The van der Waals surface area contributed by atoms with E-state index in [0.29, 0.717) is 18.4 Å². The summed E-state index contributed by atoms with van der Waals surface area (Å²) >= 11 is 0. The van der Waals surface area contributed by atoms with E-state index in [0.717, 1.165) is 49.3 Å². The van der Waals surface area contributed by atoms with Crippen LogP contribution in [0.15, 0.2) is 18.2 Å². The van der Waals surface area contributed by atoms with E-state index in [4.69, 9.17) is 9.47 Å². The normalized spacial score (nSPS) is 14.0. The van der Waals surface area contributed by atoms with Crippen molar-refractivity contribution in [2.24, 2.45) is 5.92 Å². The molecule has 23 heavy (non-hydrogen) atoms. The first-order chi connectivity index (χ1) is 11.0. The number of hydrogen-bond donors (Lipinski definition) is 0. The molecule has 1 aliphatic rings. The first kappa shape index (κ1) is 17.6. The summed E-state index contributed by atoms with van der Waals surface area (Å²) in [6.07, 6.45) is 4.67. The Kier molecular flexibility index (Phi) is 6.31. The van der Waals surface area contributed by atoms with Crippen LogP contribution in [-0.4, -0.2) is 37.6 Å². The maximum Gasteiger partial charge on any atom is 0.223 e. The number of methoxy groups -OCH3 is 2. The highest BCUT2D eigenvalue weighted by Gasteiger charge is 2.31. The molecule has 1 aromatic rings. The summed E-state index contributed by atoms with van der Waals surface area (Å²) in [6.45, 7) is 5.30. The summed E-state index contributed by atoms with van der Waals surface area (Å²) in [7, 11) is 3.29. The van der Waals surface area contributed by atoms with Gasteiger partial charge < -0.3 is 14.4 Å². The molecule has 128 valence electrons. The summed E-state index contributed by atoms with van der Waals surface area (Å²) in [5, 5.41) is 0. The standard InChI is InChI=1S/C19H29NO3/c1-14(2)9-10-20(16-6-7-16)19(21)8-5-15-11-17(22-3)13-18(12-15)23-4/h11-14,16H,5-10H2,1-4H3. The molecule has 0 saturated heterocycles. The second-order valence-corrected chi connectivity index (χ2v) is 6.72. The van der Waals surface area contributed by atoms with Crippen molar-refractivity contribution in [1.29, 1.82) is 0 Å². The van der Waals surface area contributed by atoms with Crippen LogP contribution in [0.3, 0.4) is 0 Å². The average molecular weight is 319 g/mol. The average Bonchev–Trinajstić information content (AvgIpc) is 3.37. The van der Waals surface area contributed by atoms with Crippen molar-refractivity contribution in [2.75, 3.05) is 20.8 Å². The molecule has 1 saturated carbocycles. The lowest BCUT2D eigenvalue weighted by atomic mass is 10.1. The topological polar surface area (TPSA) is 38.8 Å². The van der Waals surface area contributed by atoms with Crippen LogP contribution in [0, 0.1) is 5.92 Å². The number of nitrogens with zero attached hydrogens (tertiary/aromatic N) is 1. The van der Waals surface area contributed by atoms with Crippen LogP contribution in [0.1, 0.15) is 45.1 Å². The molecule has 0 atom stereocenters. The fourth-order valence-corrected chi connectivity index (χ4v) is 2.70. The fourth-order valence-electron chi connectivity index (χ4n) is 2.70. The molecule has 1 aromatic carbocycles. The highest BCUT2D eigenvalue weighted by atomic mass is 16.5. The highest BCUT2D eigenvalue weighted by Crippen LogP contribution is 2.29. The van der Waals surface area contributed by atoms with Crippen molar-refractivity contribution in [2.45, 2.75) is 52.0 Å². The lowest BCUT2D eigenvalue weighted by molar-refractivity contribution is -0.131. The zero-order valence-electron chi connectivity index (χ0n) is 14.8. The zero-order valence-corrected chi connectivity index (χ0v) is 14.8. The molecule has 4 heteroatoms. The molecule has 0 aliphatic heterocycles. The second kappa shape index (κ2) is 8.23. The Labute approximate surface area is 139 Å². The van der Waals surface area contributed by atoms with E-state index in [2.05, 4.69) is 18.7 Å². The predicted molar refractivity (Wildman–Crippen MR) is 92.1 cm³/mol. The smallest absolute Gasteiger partial charge is 0.223 e. The molecule has 1 aliphatic carbocycles. The number of amides is 1. The molecule has 0 heterocycles. The third-order valence-corrected chi connectivity index (χ3v) is 4.29. The maximum atomic E-state index is 12.6. The van der Waals surface area contributed by atoms with E-state index in [1.165, 1.54) is 0 Å². The van der Waals surface area contributed by atoms with Crippen molar-refractivity contribution >= 4 is 5.91 Å². The summed E-state index contributed by atoms with van der Waals surface area (Å²) in [4.78, 5) is 14.7. The Balaban J connectivity index is 1.94. The van der Waals surface area contributed by atoms with Crippen molar-refractivity contribution in [1.82, 2.24) is 4.90 Å². The molecule has 1 fully saturated rings. The second-order valence-electron chi connectivity index (χ2n) is 6.72. The van der Waals surface area contributed by atoms with Crippen molar-refractivity contribution in [3.63, 3.8) is 0 Å². The third-order valence-electron chi connectivity index (χ3n) is 4.29.